The highest BCUT2D eigenvalue weighted by molar-refractivity contribution is 6.17. The fourth-order valence-electron chi connectivity index (χ4n) is 2.65. The maximum Gasteiger partial charge on any atom is 0.253 e. The Morgan fingerprint density at radius 2 is 1.91 bits per heavy atom. The Kier molecular flexibility index (Phi) is 4.59. The molecule has 0 bridgehead atoms. The van der Waals surface area contributed by atoms with Crippen molar-refractivity contribution in [3.63, 3.8) is 0 Å². The summed E-state index contributed by atoms with van der Waals surface area (Å²) in [5, 5.41) is 0. The van der Waals surface area contributed by atoms with E-state index < -0.39 is 0 Å². The lowest BCUT2D eigenvalue weighted by Crippen LogP contribution is -2.49. The van der Waals surface area contributed by atoms with E-state index in [-0.39, 0.29) is 5.91 Å². The van der Waals surface area contributed by atoms with Crippen LogP contribution in [-0.4, -0.2) is 42.0 Å². The molecule has 1 aromatic carbocycles. The minimum atomic E-state index is 0.0765. The number of hydrogen-bond acceptors (Lipinski definition) is 3. The van der Waals surface area contributed by atoms with Crippen LogP contribution in [0.1, 0.15) is 15.9 Å². The Morgan fingerprint density at radius 3 is 2.59 bits per heavy atom. The molecule has 0 atom stereocenters. The number of aromatic nitrogens is 1. The molecular formula is C17H18ClN3O. The van der Waals surface area contributed by atoms with Crippen LogP contribution in [0.4, 0.5) is 5.82 Å². The van der Waals surface area contributed by atoms with Gasteiger partial charge in [0.25, 0.3) is 5.91 Å². The van der Waals surface area contributed by atoms with Gasteiger partial charge in [-0.15, -0.1) is 11.6 Å². The van der Waals surface area contributed by atoms with E-state index in [9.17, 15) is 4.79 Å². The van der Waals surface area contributed by atoms with E-state index >= 15 is 0 Å². The molecule has 4 nitrogen and oxygen atoms in total. The molecule has 1 aromatic heterocycles. The molecule has 2 heterocycles. The Labute approximate surface area is 135 Å². The average molecular weight is 316 g/mol. The summed E-state index contributed by atoms with van der Waals surface area (Å²) in [6.07, 6.45) is 1.80. The summed E-state index contributed by atoms with van der Waals surface area (Å²) >= 11 is 5.84. The molecule has 5 heteroatoms. The summed E-state index contributed by atoms with van der Waals surface area (Å²) in [4.78, 5) is 21.0. The van der Waals surface area contributed by atoms with Crippen molar-refractivity contribution in [3.05, 3.63) is 59.8 Å². The normalized spacial score (nSPS) is 15.0. The first kappa shape index (κ1) is 14.9. The second-order valence-corrected chi connectivity index (χ2v) is 5.57. The van der Waals surface area contributed by atoms with Gasteiger partial charge in [-0.25, -0.2) is 4.98 Å². The number of carbonyl (C=O) groups is 1. The molecule has 2 aromatic rings. The van der Waals surface area contributed by atoms with Crippen molar-refractivity contribution in [3.8, 4) is 0 Å². The molecule has 0 aliphatic carbocycles. The van der Waals surface area contributed by atoms with E-state index in [4.69, 9.17) is 11.6 Å². The lowest BCUT2D eigenvalue weighted by atomic mass is 10.1. The first-order valence-electron chi connectivity index (χ1n) is 7.38. The molecule has 0 N–H and O–H groups in total. The van der Waals surface area contributed by atoms with Crippen LogP contribution in [0, 0.1) is 0 Å². The summed E-state index contributed by atoms with van der Waals surface area (Å²) in [5.74, 6) is 1.47. The summed E-state index contributed by atoms with van der Waals surface area (Å²) < 4.78 is 0. The number of carbonyl (C=O) groups excluding carboxylic acids is 1. The third kappa shape index (κ3) is 3.22. The molecule has 1 aliphatic heterocycles. The van der Waals surface area contributed by atoms with Crippen LogP contribution >= 0.6 is 11.6 Å². The molecule has 0 radical (unpaired) electrons. The topological polar surface area (TPSA) is 36.4 Å². The molecule has 3 rings (SSSR count). The second-order valence-electron chi connectivity index (χ2n) is 5.30. The van der Waals surface area contributed by atoms with Crippen LogP contribution in [-0.2, 0) is 5.88 Å². The van der Waals surface area contributed by atoms with Crippen molar-refractivity contribution in [2.45, 2.75) is 5.88 Å². The van der Waals surface area contributed by atoms with Crippen molar-refractivity contribution in [1.29, 1.82) is 0 Å². The highest BCUT2D eigenvalue weighted by atomic mass is 35.5. The van der Waals surface area contributed by atoms with Crippen molar-refractivity contribution < 1.29 is 4.79 Å². The number of halogens is 1. The van der Waals surface area contributed by atoms with Gasteiger partial charge < -0.3 is 9.80 Å². The molecular weight excluding hydrogens is 298 g/mol. The van der Waals surface area contributed by atoms with Crippen molar-refractivity contribution >= 4 is 23.3 Å². The number of nitrogens with zero attached hydrogens (tertiary/aromatic N) is 3. The molecule has 0 unspecified atom stereocenters. The Morgan fingerprint density at radius 1 is 1.09 bits per heavy atom. The summed E-state index contributed by atoms with van der Waals surface area (Å²) in [6, 6.07) is 13.4. The fourth-order valence-corrected chi connectivity index (χ4v) is 2.82. The first-order chi connectivity index (χ1) is 10.8. The van der Waals surface area contributed by atoms with Gasteiger partial charge >= 0.3 is 0 Å². The van der Waals surface area contributed by atoms with E-state index in [0.29, 0.717) is 24.5 Å². The number of anilines is 1. The number of rotatable bonds is 3. The molecule has 22 heavy (non-hydrogen) atoms. The first-order valence-corrected chi connectivity index (χ1v) is 7.91. The number of alkyl halides is 1. The lowest BCUT2D eigenvalue weighted by Gasteiger charge is -2.35. The number of piperazine rings is 1. The third-order valence-electron chi connectivity index (χ3n) is 3.87. The number of benzene rings is 1. The van der Waals surface area contributed by atoms with Gasteiger partial charge in [0.1, 0.15) is 5.82 Å². The van der Waals surface area contributed by atoms with Crippen LogP contribution in [0.3, 0.4) is 0 Å². The van der Waals surface area contributed by atoms with Gasteiger partial charge in [0.2, 0.25) is 0 Å². The van der Waals surface area contributed by atoms with Crippen molar-refractivity contribution in [2.24, 2.45) is 0 Å². The number of hydrogen-bond donors (Lipinski definition) is 0. The van der Waals surface area contributed by atoms with Crippen LogP contribution in [0.25, 0.3) is 0 Å². The molecule has 0 saturated carbocycles. The second kappa shape index (κ2) is 6.79. The Bertz CT molecular complexity index is 639. The minimum Gasteiger partial charge on any atom is -0.353 e. The predicted molar refractivity (Wildman–Crippen MR) is 88.4 cm³/mol. The highest BCUT2D eigenvalue weighted by Gasteiger charge is 2.22. The number of amides is 1. The van der Waals surface area contributed by atoms with E-state index in [2.05, 4.69) is 9.88 Å². The zero-order chi connectivity index (χ0) is 15.4. The smallest absolute Gasteiger partial charge is 0.253 e. The van der Waals surface area contributed by atoms with Crippen LogP contribution in [0.2, 0.25) is 0 Å². The van der Waals surface area contributed by atoms with E-state index in [1.54, 1.807) is 6.20 Å². The van der Waals surface area contributed by atoms with Crippen LogP contribution in [0.15, 0.2) is 48.7 Å². The fraction of sp³-hybridized carbons (Fsp3) is 0.294. The van der Waals surface area contributed by atoms with Gasteiger partial charge in [0.15, 0.2) is 0 Å². The predicted octanol–water partition coefficient (Wildman–Crippen LogP) is 2.78. The summed E-state index contributed by atoms with van der Waals surface area (Å²) in [6.45, 7) is 3.02. The summed E-state index contributed by atoms with van der Waals surface area (Å²) in [7, 11) is 0. The van der Waals surface area contributed by atoms with E-state index in [0.717, 1.165) is 24.5 Å². The average Bonchev–Trinajstić information content (AvgIpc) is 2.62. The quantitative estimate of drug-likeness (QED) is 0.817. The maximum atomic E-state index is 12.6. The van der Waals surface area contributed by atoms with Crippen molar-refractivity contribution in [1.82, 2.24) is 9.88 Å². The monoisotopic (exact) mass is 315 g/mol. The zero-order valence-corrected chi connectivity index (χ0v) is 13.0. The minimum absolute atomic E-state index is 0.0765. The van der Waals surface area contributed by atoms with E-state index in [1.807, 2.05) is 47.4 Å². The van der Waals surface area contributed by atoms with Gasteiger partial charge in [-0.2, -0.15) is 0 Å². The molecule has 1 amide bonds. The lowest BCUT2D eigenvalue weighted by molar-refractivity contribution is 0.0746. The molecule has 1 saturated heterocycles. The standard InChI is InChI=1S/C17H18ClN3O/c18-13-14-4-3-5-15(12-14)17(22)21-10-8-20(9-11-21)16-6-1-2-7-19-16/h1-7,12H,8-11,13H2. The van der Waals surface area contributed by atoms with Gasteiger partial charge in [-0.05, 0) is 29.8 Å². The third-order valence-corrected chi connectivity index (χ3v) is 4.18. The van der Waals surface area contributed by atoms with Crippen LogP contribution < -0.4 is 4.90 Å². The van der Waals surface area contributed by atoms with Gasteiger partial charge in [-0.1, -0.05) is 18.2 Å². The van der Waals surface area contributed by atoms with Crippen molar-refractivity contribution in [2.75, 3.05) is 31.1 Å². The molecule has 1 aliphatic rings. The molecule has 114 valence electrons. The van der Waals surface area contributed by atoms with Crippen LogP contribution in [0.5, 0.6) is 0 Å². The summed E-state index contributed by atoms with van der Waals surface area (Å²) in [5.41, 5.74) is 1.68. The zero-order valence-electron chi connectivity index (χ0n) is 12.3. The highest BCUT2D eigenvalue weighted by Crippen LogP contribution is 2.15. The largest absolute Gasteiger partial charge is 0.353 e. The van der Waals surface area contributed by atoms with Gasteiger partial charge in [0, 0.05) is 43.8 Å². The Hall–Kier alpha value is -2.07. The van der Waals surface area contributed by atoms with E-state index in [1.165, 1.54) is 0 Å². The number of pyridine rings is 1. The van der Waals surface area contributed by atoms with Gasteiger partial charge in [0.05, 0.1) is 0 Å². The maximum absolute atomic E-state index is 12.6. The SMILES string of the molecule is O=C(c1cccc(CCl)c1)N1CCN(c2ccccn2)CC1. The van der Waals surface area contributed by atoms with Gasteiger partial charge in [-0.3, -0.25) is 4.79 Å². The Balaban J connectivity index is 1.64. The molecule has 0 spiro atoms. The molecule has 1 fully saturated rings.